The Balaban J connectivity index is 1.01. The van der Waals surface area contributed by atoms with Crippen LogP contribution in [-0.4, -0.2) is 94.4 Å². The van der Waals surface area contributed by atoms with E-state index < -0.39 is 24.3 Å². The lowest BCUT2D eigenvalue weighted by atomic mass is 9.90. The molecule has 0 spiro atoms. The average Bonchev–Trinajstić information content (AvgIpc) is 4.08. The number of aromatic nitrogens is 2. The van der Waals surface area contributed by atoms with Crippen LogP contribution in [0.3, 0.4) is 0 Å². The number of benzene rings is 3. The second-order valence-corrected chi connectivity index (χ2v) is 17.6. The number of aliphatic imine (C=N–C) groups is 1. The van der Waals surface area contributed by atoms with Crippen LogP contribution < -0.4 is 15.4 Å². The highest BCUT2D eigenvalue weighted by Gasteiger charge is 2.43. The molecule has 3 aromatic carbocycles. The van der Waals surface area contributed by atoms with E-state index >= 15 is 0 Å². The Kier molecular flexibility index (Phi) is 11.5. The smallest absolute Gasteiger partial charge is 0.407 e. The largest absolute Gasteiger partial charge is 0.488 e. The molecule has 0 aliphatic carbocycles. The lowest BCUT2D eigenvalue weighted by molar-refractivity contribution is -0.137. The molecule has 61 heavy (non-hydrogen) atoms. The maximum absolute atomic E-state index is 14.1. The third-order valence-corrected chi connectivity index (χ3v) is 13.3. The molecule has 0 bridgehead atoms. The molecule has 4 aliphatic heterocycles. The molecule has 5 heterocycles. The van der Waals surface area contributed by atoms with Crippen molar-refractivity contribution in [1.82, 2.24) is 30.4 Å². The zero-order valence-corrected chi connectivity index (χ0v) is 36.3. The minimum atomic E-state index is -0.715. The summed E-state index contributed by atoms with van der Waals surface area (Å²) in [5.41, 5.74) is 8.02. The number of alkyl carbamates (subject to hydrolysis) is 2. The van der Waals surface area contributed by atoms with E-state index in [1.807, 2.05) is 50.6 Å². The van der Waals surface area contributed by atoms with E-state index in [2.05, 4.69) is 65.0 Å². The number of likely N-dealkylation sites (tertiary alicyclic amines) is 2. The number of nitrogens with one attached hydrogen (secondary N) is 3. The maximum atomic E-state index is 14.1. The number of rotatable bonds is 10. The van der Waals surface area contributed by atoms with Crippen LogP contribution in [0.1, 0.15) is 90.2 Å². The van der Waals surface area contributed by atoms with E-state index in [1.54, 1.807) is 0 Å². The van der Waals surface area contributed by atoms with E-state index in [1.165, 1.54) is 14.2 Å². The highest BCUT2D eigenvalue weighted by atomic mass is 16.5. The molecule has 14 heteroatoms. The van der Waals surface area contributed by atoms with Gasteiger partial charge in [-0.1, -0.05) is 59.2 Å². The summed E-state index contributed by atoms with van der Waals surface area (Å²) in [6.07, 6.45) is 4.35. The molecule has 4 aliphatic rings. The van der Waals surface area contributed by atoms with Gasteiger partial charge in [-0.25, -0.2) is 14.6 Å². The minimum Gasteiger partial charge on any atom is -0.488 e. The lowest BCUT2D eigenvalue weighted by Crippen LogP contribution is -2.54. The Morgan fingerprint density at radius 3 is 2.39 bits per heavy atom. The third-order valence-electron chi connectivity index (χ3n) is 13.3. The molecule has 3 N–H and O–H groups in total. The summed E-state index contributed by atoms with van der Waals surface area (Å²) in [4.78, 5) is 69.5. The van der Waals surface area contributed by atoms with E-state index in [0.29, 0.717) is 31.3 Å². The quantitative estimate of drug-likeness (QED) is 0.145. The highest BCUT2D eigenvalue weighted by Crippen LogP contribution is 2.45. The molecular formula is C47H57N7O7. The van der Waals surface area contributed by atoms with Crippen molar-refractivity contribution < 1.29 is 33.4 Å². The third kappa shape index (κ3) is 7.81. The van der Waals surface area contributed by atoms with Crippen LogP contribution in [0.2, 0.25) is 0 Å². The fourth-order valence-electron chi connectivity index (χ4n) is 9.68. The lowest BCUT2D eigenvalue weighted by Gasteiger charge is -2.32. The molecule has 0 saturated carbocycles. The molecule has 322 valence electrons. The van der Waals surface area contributed by atoms with Crippen LogP contribution in [0.25, 0.3) is 33.2 Å². The Morgan fingerprint density at radius 2 is 1.67 bits per heavy atom. The highest BCUT2D eigenvalue weighted by molar-refractivity contribution is 6.06. The number of nitrogens with zero attached hydrogens (tertiary/aromatic N) is 4. The SMILES string of the molecule is CC[C@H](C)[C@H](NC(=O)OC)C(=O)N1C[C@@H](C)C[C@H]1C1=Nc2ccc3cc4c(cc3c2C1)OCc1cc(-c2cnc([C@@H]3CC[C@H](C)N3C(=O)[C@@H](NC(=O)OC)C(C)C)[nH]2)ccc1-4. The van der Waals surface area contributed by atoms with Gasteiger partial charge in [-0.3, -0.25) is 14.6 Å². The Hall–Kier alpha value is -5.92. The van der Waals surface area contributed by atoms with Crippen molar-refractivity contribution in [3.8, 4) is 28.1 Å². The fourth-order valence-corrected chi connectivity index (χ4v) is 9.68. The van der Waals surface area contributed by atoms with Gasteiger partial charge >= 0.3 is 12.2 Å². The number of amides is 4. The number of carbonyl (C=O) groups is 4. The standard InChI is InChI=1S/C47H57N7O7/c1-9-26(5)42(52-47(58)60-8)44(55)53-22-25(4)16-39(53)36-19-33-32-20-40-34(18-28(32)12-14-35(33)49-36)31-13-11-29(17-30(31)23-61-40)37-21-48-43(50-37)38-15-10-27(6)54(38)45(56)41(24(2)3)51-46(57)59-7/h11-14,17-18,20-21,24-27,38-39,41-42H,9-10,15-16,19,22-23H2,1-8H3,(H,48,50)(H,51,57)(H,52,58)/t25-,26-,27-,38-,39-,41-,42-/m0/s1. The zero-order chi connectivity index (χ0) is 43.3. The summed E-state index contributed by atoms with van der Waals surface area (Å²) in [7, 11) is 2.61. The van der Waals surface area contributed by atoms with Gasteiger partial charge in [0.1, 0.15) is 30.3 Å². The van der Waals surface area contributed by atoms with Crippen LogP contribution in [-0.2, 0) is 32.1 Å². The first-order chi connectivity index (χ1) is 29.3. The molecule has 4 amide bonds. The van der Waals surface area contributed by atoms with Crippen molar-refractivity contribution in [1.29, 1.82) is 0 Å². The minimum absolute atomic E-state index is 0.0119. The molecule has 2 fully saturated rings. The molecule has 8 rings (SSSR count). The van der Waals surface area contributed by atoms with Gasteiger partial charge in [0, 0.05) is 30.3 Å². The Labute approximate surface area is 356 Å². The summed E-state index contributed by atoms with van der Waals surface area (Å²) in [5, 5.41) is 7.71. The number of hydrogen-bond donors (Lipinski definition) is 3. The monoisotopic (exact) mass is 831 g/mol. The number of carbonyl (C=O) groups excluding carboxylic acids is 4. The summed E-state index contributed by atoms with van der Waals surface area (Å²) >= 11 is 0. The number of imidazole rings is 1. The molecule has 4 aromatic rings. The van der Waals surface area contributed by atoms with Crippen molar-refractivity contribution in [3.05, 3.63) is 65.6 Å². The summed E-state index contributed by atoms with van der Waals surface area (Å²) < 4.78 is 16.2. The summed E-state index contributed by atoms with van der Waals surface area (Å²) in [6, 6.07) is 13.1. The number of methoxy groups -OCH3 is 2. The maximum Gasteiger partial charge on any atom is 0.407 e. The van der Waals surface area contributed by atoms with Gasteiger partial charge in [-0.2, -0.15) is 0 Å². The summed E-state index contributed by atoms with van der Waals surface area (Å²) in [5.74, 6) is 1.40. The van der Waals surface area contributed by atoms with Gasteiger partial charge in [0.2, 0.25) is 11.8 Å². The predicted molar refractivity (Wildman–Crippen MR) is 233 cm³/mol. The van der Waals surface area contributed by atoms with Crippen LogP contribution in [0, 0.1) is 17.8 Å². The number of aromatic amines is 1. The average molecular weight is 832 g/mol. The Morgan fingerprint density at radius 1 is 0.918 bits per heavy atom. The van der Waals surface area contributed by atoms with Gasteiger partial charge in [0.25, 0.3) is 0 Å². The molecule has 2 saturated heterocycles. The van der Waals surface area contributed by atoms with Gasteiger partial charge in [-0.15, -0.1) is 0 Å². The number of fused-ring (bicyclic) bond motifs is 6. The van der Waals surface area contributed by atoms with Crippen LogP contribution in [0.5, 0.6) is 5.75 Å². The first-order valence-corrected chi connectivity index (χ1v) is 21.6. The second-order valence-electron chi connectivity index (χ2n) is 17.6. The van der Waals surface area contributed by atoms with Gasteiger partial charge in [0.05, 0.1) is 43.9 Å². The summed E-state index contributed by atoms with van der Waals surface area (Å²) in [6.45, 7) is 13.0. The Bertz CT molecular complexity index is 2410. The topological polar surface area (TPSA) is 168 Å². The van der Waals surface area contributed by atoms with Gasteiger partial charge in [0.15, 0.2) is 0 Å². The second kappa shape index (κ2) is 16.9. The number of hydrogen-bond acceptors (Lipinski definition) is 9. The van der Waals surface area contributed by atoms with Gasteiger partial charge < -0.3 is 39.6 Å². The number of ether oxygens (including phenoxy) is 3. The van der Waals surface area contributed by atoms with Crippen LogP contribution >= 0.6 is 0 Å². The molecule has 0 radical (unpaired) electrons. The first-order valence-electron chi connectivity index (χ1n) is 21.6. The van der Waals surface area contributed by atoms with Crippen molar-refractivity contribution >= 4 is 46.2 Å². The van der Waals surface area contributed by atoms with Crippen LogP contribution in [0.4, 0.5) is 15.3 Å². The fraction of sp³-hybridized carbons (Fsp3) is 0.489. The molecule has 14 nitrogen and oxygen atoms in total. The van der Waals surface area contributed by atoms with Crippen LogP contribution in [0.15, 0.2) is 53.7 Å². The predicted octanol–water partition coefficient (Wildman–Crippen LogP) is 7.86. The van der Waals surface area contributed by atoms with Crippen molar-refractivity contribution in [2.75, 3.05) is 20.8 Å². The zero-order valence-electron chi connectivity index (χ0n) is 36.3. The van der Waals surface area contributed by atoms with Crippen molar-refractivity contribution in [3.63, 3.8) is 0 Å². The normalized spacial score (nSPS) is 21.8. The molecule has 0 unspecified atom stereocenters. The molecule has 7 atom stereocenters. The van der Waals surface area contributed by atoms with E-state index in [0.717, 1.165) is 87.1 Å². The molecule has 1 aromatic heterocycles. The van der Waals surface area contributed by atoms with E-state index in [4.69, 9.17) is 24.2 Å². The molecular weight excluding hydrogens is 775 g/mol. The first kappa shape index (κ1) is 41.8. The van der Waals surface area contributed by atoms with E-state index in [9.17, 15) is 19.2 Å². The van der Waals surface area contributed by atoms with Gasteiger partial charge in [-0.05, 0) is 101 Å². The number of H-pyrrole nitrogens is 1. The van der Waals surface area contributed by atoms with E-state index in [-0.39, 0.29) is 41.8 Å². The van der Waals surface area contributed by atoms with Crippen molar-refractivity contribution in [2.45, 2.75) is 110 Å². The van der Waals surface area contributed by atoms with Crippen molar-refractivity contribution in [2.24, 2.45) is 22.7 Å².